The molecule has 1 aromatic heterocycles. The Labute approximate surface area is 117 Å². The van der Waals surface area contributed by atoms with E-state index in [9.17, 15) is 0 Å². The first-order valence-electron chi connectivity index (χ1n) is 6.45. The van der Waals surface area contributed by atoms with Crippen molar-refractivity contribution in [2.24, 2.45) is 0 Å². The lowest BCUT2D eigenvalue weighted by Crippen LogP contribution is -2.26. The normalized spacial score (nSPS) is 18.7. The first-order chi connectivity index (χ1) is 8.25. The Hall–Kier alpha value is 0.1000. The zero-order valence-electron chi connectivity index (χ0n) is 10.4. The molecule has 96 valence electrons. The van der Waals surface area contributed by atoms with E-state index in [1.54, 1.807) is 0 Å². The fourth-order valence-electron chi connectivity index (χ4n) is 2.28. The molecule has 1 aliphatic heterocycles. The van der Waals surface area contributed by atoms with Crippen molar-refractivity contribution in [3.8, 4) is 0 Å². The van der Waals surface area contributed by atoms with Gasteiger partial charge >= 0.3 is 0 Å². The second-order valence-electron chi connectivity index (χ2n) is 4.75. The Balaban J connectivity index is 1.61. The fraction of sp³-hybridized carbons (Fsp3) is 0.692. The van der Waals surface area contributed by atoms with Gasteiger partial charge in [0.25, 0.3) is 0 Å². The molecule has 1 N–H and O–H groups in total. The molecule has 1 fully saturated rings. The number of hydrogen-bond donors (Lipinski definition) is 1. The van der Waals surface area contributed by atoms with Crippen LogP contribution in [0.2, 0.25) is 0 Å². The van der Waals surface area contributed by atoms with Gasteiger partial charge in [0, 0.05) is 20.8 Å². The van der Waals surface area contributed by atoms with Gasteiger partial charge in [-0.15, -0.1) is 11.3 Å². The third-order valence-corrected chi connectivity index (χ3v) is 5.19. The maximum atomic E-state index is 3.60. The number of nitrogens with one attached hydrogen (secondary N) is 1. The Morgan fingerprint density at radius 1 is 1.47 bits per heavy atom. The van der Waals surface area contributed by atoms with Crippen LogP contribution in [0.5, 0.6) is 0 Å². The lowest BCUT2D eigenvalue weighted by Gasteiger charge is -2.16. The van der Waals surface area contributed by atoms with Crippen molar-refractivity contribution in [2.75, 3.05) is 26.2 Å². The van der Waals surface area contributed by atoms with Crippen LogP contribution < -0.4 is 5.32 Å². The van der Waals surface area contributed by atoms with Crippen LogP contribution in [0.4, 0.5) is 0 Å². The molecule has 0 spiro atoms. The third-order valence-electron chi connectivity index (χ3n) is 3.31. The lowest BCUT2D eigenvalue weighted by atomic mass is 10.2. The van der Waals surface area contributed by atoms with E-state index in [1.807, 2.05) is 11.3 Å². The molecule has 0 amide bonds. The summed E-state index contributed by atoms with van der Waals surface area (Å²) in [5, 5.41) is 5.75. The zero-order chi connectivity index (χ0) is 12.1. The number of likely N-dealkylation sites (tertiary alicyclic amines) is 1. The average Bonchev–Trinajstić information content (AvgIpc) is 2.95. The summed E-state index contributed by atoms with van der Waals surface area (Å²) in [4.78, 5) is 3.99. The molecular formula is C13H21BrN2S. The number of thiophene rings is 1. The van der Waals surface area contributed by atoms with Gasteiger partial charge in [-0.05, 0) is 74.4 Å². The molecule has 0 aromatic carbocycles. The molecule has 2 nitrogen and oxygen atoms in total. The molecule has 17 heavy (non-hydrogen) atoms. The van der Waals surface area contributed by atoms with Gasteiger partial charge in [-0.3, -0.25) is 0 Å². The number of nitrogens with zero attached hydrogens (tertiary/aromatic N) is 1. The monoisotopic (exact) mass is 316 g/mol. The molecule has 1 aromatic rings. The second kappa shape index (κ2) is 6.88. The van der Waals surface area contributed by atoms with Crippen LogP contribution >= 0.6 is 27.3 Å². The zero-order valence-corrected chi connectivity index (χ0v) is 12.8. The number of rotatable bonds is 6. The highest BCUT2D eigenvalue weighted by Crippen LogP contribution is 2.25. The maximum absolute atomic E-state index is 3.60. The molecule has 2 heterocycles. The van der Waals surface area contributed by atoms with Gasteiger partial charge in [0.2, 0.25) is 0 Å². The Morgan fingerprint density at radius 3 is 2.88 bits per heavy atom. The van der Waals surface area contributed by atoms with E-state index in [4.69, 9.17) is 0 Å². The van der Waals surface area contributed by atoms with Crippen LogP contribution in [0.1, 0.15) is 37.1 Å². The van der Waals surface area contributed by atoms with Gasteiger partial charge in [-0.25, -0.2) is 0 Å². The van der Waals surface area contributed by atoms with E-state index in [0.29, 0.717) is 6.04 Å². The van der Waals surface area contributed by atoms with Crippen molar-refractivity contribution in [1.29, 1.82) is 0 Å². The molecule has 2 rings (SSSR count). The summed E-state index contributed by atoms with van der Waals surface area (Å²) in [6.45, 7) is 7.25. The van der Waals surface area contributed by atoms with Crippen LogP contribution in [-0.2, 0) is 0 Å². The highest BCUT2D eigenvalue weighted by molar-refractivity contribution is 9.10. The van der Waals surface area contributed by atoms with Crippen molar-refractivity contribution < 1.29 is 0 Å². The van der Waals surface area contributed by atoms with Crippen LogP contribution in [0.25, 0.3) is 0 Å². The van der Waals surface area contributed by atoms with E-state index in [1.165, 1.54) is 48.2 Å². The van der Waals surface area contributed by atoms with Crippen LogP contribution in [0.3, 0.4) is 0 Å². The van der Waals surface area contributed by atoms with Gasteiger partial charge < -0.3 is 10.2 Å². The summed E-state index contributed by atoms with van der Waals surface area (Å²) in [7, 11) is 0. The Kier molecular flexibility index (Phi) is 5.48. The van der Waals surface area contributed by atoms with Crippen molar-refractivity contribution in [3.63, 3.8) is 0 Å². The largest absolute Gasteiger partial charge is 0.309 e. The highest BCUT2D eigenvalue weighted by atomic mass is 79.9. The van der Waals surface area contributed by atoms with E-state index in [2.05, 4.69) is 44.5 Å². The van der Waals surface area contributed by atoms with Crippen molar-refractivity contribution >= 4 is 27.3 Å². The summed E-state index contributed by atoms with van der Waals surface area (Å²) >= 11 is 5.32. The van der Waals surface area contributed by atoms with Crippen molar-refractivity contribution in [2.45, 2.75) is 32.2 Å². The van der Waals surface area contributed by atoms with Gasteiger partial charge in [-0.2, -0.15) is 0 Å². The minimum atomic E-state index is 0.477. The molecule has 0 bridgehead atoms. The summed E-state index contributed by atoms with van der Waals surface area (Å²) in [6.07, 6.45) is 4.05. The van der Waals surface area contributed by atoms with Crippen LogP contribution in [-0.4, -0.2) is 31.1 Å². The summed E-state index contributed by atoms with van der Waals surface area (Å²) in [5.41, 5.74) is 0. The van der Waals surface area contributed by atoms with E-state index in [-0.39, 0.29) is 0 Å². The average molecular weight is 317 g/mol. The molecule has 0 radical (unpaired) electrons. The molecule has 4 heteroatoms. The quantitative estimate of drug-likeness (QED) is 0.806. The van der Waals surface area contributed by atoms with Crippen LogP contribution in [0.15, 0.2) is 15.9 Å². The van der Waals surface area contributed by atoms with Crippen molar-refractivity contribution in [1.82, 2.24) is 10.2 Å². The Bertz CT molecular complexity index is 334. The van der Waals surface area contributed by atoms with E-state index in [0.717, 1.165) is 6.54 Å². The topological polar surface area (TPSA) is 15.3 Å². The lowest BCUT2D eigenvalue weighted by molar-refractivity contribution is 0.328. The molecule has 1 aliphatic rings. The standard InChI is InChI=1S/C13H21BrN2S/c1-11(13-9-12(14)10-17-13)15-5-4-8-16-6-2-3-7-16/h9-11,15H,2-8H2,1H3. The predicted octanol–water partition coefficient (Wildman–Crippen LogP) is 3.65. The summed E-state index contributed by atoms with van der Waals surface area (Å²) in [6, 6.07) is 2.69. The first kappa shape index (κ1) is 13.5. The third kappa shape index (κ3) is 4.36. The Morgan fingerprint density at radius 2 is 2.24 bits per heavy atom. The molecule has 0 saturated carbocycles. The number of hydrogen-bond acceptors (Lipinski definition) is 3. The van der Waals surface area contributed by atoms with E-state index < -0.39 is 0 Å². The minimum absolute atomic E-state index is 0.477. The van der Waals surface area contributed by atoms with Gasteiger partial charge in [-0.1, -0.05) is 0 Å². The van der Waals surface area contributed by atoms with Gasteiger partial charge in [0.15, 0.2) is 0 Å². The smallest absolute Gasteiger partial charge is 0.0386 e. The SMILES string of the molecule is CC(NCCCN1CCCC1)c1cc(Br)cs1. The molecule has 1 atom stereocenters. The van der Waals surface area contributed by atoms with E-state index >= 15 is 0 Å². The maximum Gasteiger partial charge on any atom is 0.0386 e. The van der Waals surface area contributed by atoms with Crippen molar-refractivity contribution in [3.05, 3.63) is 20.8 Å². The van der Waals surface area contributed by atoms with Crippen LogP contribution in [0, 0.1) is 0 Å². The summed E-state index contributed by atoms with van der Waals surface area (Å²) < 4.78 is 1.20. The van der Waals surface area contributed by atoms with Gasteiger partial charge in [0.05, 0.1) is 0 Å². The number of halogens is 1. The minimum Gasteiger partial charge on any atom is -0.309 e. The molecular weight excluding hydrogens is 296 g/mol. The molecule has 1 unspecified atom stereocenters. The molecule has 0 aliphatic carbocycles. The first-order valence-corrected chi connectivity index (χ1v) is 8.12. The second-order valence-corrected chi connectivity index (χ2v) is 6.60. The highest BCUT2D eigenvalue weighted by Gasteiger charge is 2.11. The fourth-order valence-corrected chi connectivity index (χ4v) is 3.76. The predicted molar refractivity (Wildman–Crippen MR) is 78.7 cm³/mol. The summed E-state index contributed by atoms with van der Waals surface area (Å²) in [5.74, 6) is 0. The van der Waals surface area contributed by atoms with Gasteiger partial charge in [0.1, 0.15) is 0 Å². The molecule has 1 saturated heterocycles.